The first kappa shape index (κ1) is 20.4. The molecule has 1 aromatic carbocycles. The molecule has 0 radical (unpaired) electrons. The van der Waals surface area contributed by atoms with Crippen LogP contribution in [0, 0.1) is 31.6 Å². The molecule has 2 unspecified atom stereocenters. The molecule has 26 heavy (non-hydrogen) atoms. The molecule has 1 saturated carbocycles. The van der Waals surface area contributed by atoms with E-state index in [1.54, 1.807) is 0 Å². The number of hydrogen-bond donors (Lipinski definition) is 1. The number of carboxylic acids is 1. The van der Waals surface area contributed by atoms with Crippen LogP contribution in [0.4, 0.5) is 0 Å². The molecule has 3 nitrogen and oxygen atoms in total. The van der Waals surface area contributed by atoms with Gasteiger partial charge in [-0.3, -0.25) is 9.79 Å². The van der Waals surface area contributed by atoms with Gasteiger partial charge in [0, 0.05) is 17.8 Å². The van der Waals surface area contributed by atoms with E-state index in [4.69, 9.17) is 0 Å². The van der Waals surface area contributed by atoms with Crippen molar-refractivity contribution in [1.29, 1.82) is 0 Å². The van der Waals surface area contributed by atoms with Crippen LogP contribution in [0.15, 0.2) is 35.5 Å². The summed E-state index contributed by atoms with van der Waals surface area (Å²) in [6.07, 6.45) is 7.11. The van der Waals surface area contributed by atoms with E-state index in [0.29, 0.717) is 11.8 Å². The molecule has 1 aliphatic carbocycles. The van der Waals surface area contributed by atoms with Gasteiger partial charge in [0.15, 0.2) is 0 Å². The van der Waals surface area contributed by atoms with E-state index in [1.807, 2.05) is 20.1 Å². The zero-order valence-electron chi connectivity index (χ0n) is 16.7. The molecule has 0 spiro atoms. The smallest absolute Gasteiger partial charge is 0.306 e. The Morgan fingerprint density at radius 3 is 2.54 bits per heavy atom. The first-order valence-electron chi connectivity index (χ1n) is 9.81. The average molecular weight is 356 g/mol. The summed E-state index contributed by atoms with van der Waals surface area (Å²) in [5, 5.41) is 9.26. The van der Waals surface area contributed by atoms with Gasteiger partial charge < -0.3 is 5.11 Å². The molecular formula is C23H33NO2. The van der Waals surface area contributed by atoms with Crippen molar-refractivity contribution in [1.82, 2.24) is 0 Å². The van der Waals surface area contributed by atoms with E-state index in [0.717, 1.165) is 37.8 Å². The van der Waals surface area contributed by atoms with Gasteiger partial charge in [-0.15, -0.1) is 0 Å². The summed E-state index contributed by atoms with van der Waals surface area (Å²) in [4.78, 5) is 15.8. The molecule has 1 aromatic rings. The van der Waals surface area contributed by atoms with Gasteiger partial charge >= 0.3 is 5.97 Å². The van der Waals surface area contributed by atoms with E-state index in [1.165, 1.54) is 16.7 Å². The van der Waals surface area contributed by atoms with Crippen molar-refractivity contribution in [3.05, 3.63) is 47.2 Å². The SMILES string of the molecule is C=C(N=CC)C(CC1CCC(C(C)C(=O)O)CC1)c1cccc(C)c1C. The second-order valence-electron chi connectivity index (χ2n) is 7.86. The van der Waals surface area contributed by atoms with Crippen LogP contribution in [0.25, 0.3) is 0 Å². The Morgan fingerprint density at radius 1 is 1.31 bits per heavy atom. The minimum atomic E-state index is -0.660. The number of rotatable bonds is 7. The molecule has 0 saturated heterocycles. The average Bonchev–Trinajstić information content (AvgIpc) is 2.62. The second kappa shape index (κ2) is 9.16. The molecule has 1 aliphatic rings. The summed E-state index contributed by atoms with van der Waals surface area (Å²) in [6, 6.07) is 6.49. The van der Waals surface area contributed by atoms with Crippen molar-refractivity contribution in [3.63, 3.8) is 0 Å². The normalized spacial score (nSPS) is 22.9. The number of aliphatic carboxylic acids is 1. The first-order valence-corrected chi connectivity index (χ1v) is 9.81. The number of carboxylic acid groups (broad SMARTS) is 1. The first-order chi connectivity index (χ1) is 12.3. The highest BCUT2D eigenvalue weighted by Gasteiger charge is 2.31. The van der Waals surface area contributed by atoms with Crippen LogP contribution < -0.4 is 0 Å². The quantitative estimate of drug-likeness (QED) is 0.618. The van der Waals surface area contributed by atoms with Crippen LogP contribution in [0.5, 0.6) is 0 Å². The van der Waals surface area contributed by atoms with Gasteiger partial charge in [0.1, 0.15) is 0 Å². The largest absolute Gasteiger partial charge is 0.481 e. The van der Waals surface area contributed by atoms with Crippen molar-refractivity contribution in [2.45, 2.75) is 65.7 Å². The fraction of sp³-hybridized carbons (Fsp3) is 0.565. The molecule has 2 atom stereocenters. The van der Waals surface area contributed by atoms with Crippen molar-refractivity contribution in [2.24, 2.45) is 22.7 Å². The zero-order valence-corrected chi connectivity index (χ0v) is 16.7. The lowest BCUT2D eigenvalue weighted by Crippen LogP contribution is -2.26. The minimum Gasteiger partial charge on any atom is -0.481 e. The Bertz CT molecular complexity index is 669. The van der Waals surface area contributed by atoms with Crippen LogP contribution in [0.3, 0.4) is 0 Å². The Balaban J connectivity index is 2.13. The summed E-state index contributed by atoms with van der Waals surface area (Å²) < 4.78 is 0. The lowest BCUT2D eigenvalue weighted by Gasteiger charge is -2.33. The highest BCUT2D eigenvalue weighted by atomic mass is 16.4. The standard InChI is InChI=1S/C23H33NO2/c1-6-24-18(5)22(21-9-7-8-15(2)16(21)3)14-19-10-12-20(13-11-19)17(4)23(25)26/h6-9,17,19-20,22H,5,10-14H2,1-4H3,(H,25,26). The topological polar surface area (TPSA) is 49.7 Å². The van der Waals surface area contributed by atoms with Gasteiger partial charge in [0.25, 0.3) is 0 Å². The van der Waals surface area contributed by atoms with Crippen LogP contribution in [-0.2, 0) is 4.79 Å². The molecule has 3 heteroatoms. The van der Waals surface area contributed by atoms with Crippen LogP contribution in [-0.4, -0.2) is 17.3 Å². The Morgan fingerprint density at radius 2 is 1.96 bits per heavy atom. The molecule has 0 bridgehead atoms. The number of allylic oxidation sites excluding steroid dienone is 1. The van der Waals surface area contributed by atoms with E-state index in [-0.39, 0.29) is 11.8 Å². The molecule has 0 aromatic heterocycles. The van der Waals surface area contributed by atoms with Crippen LogP contribution >= 0.6 is 0 Å². The number of carbonyl (C=O) groups is 1. The number of hydrogen-bond acceptors (Lipinski definition) is 2. The maximum Gasteiger partial charge on any atom is 0.306 e. The number of nitrogens with zero attached hydrogens (tertiary/aromatic N) is 1. The van der Waals surface area contributed by atoms with Gasteiger partial charge in [0.2, 0.25) is 0 Å². The van der Waals surface area contributed by atoms with Gasteiger partial charge in [-0.05, 0) is 68.6 Å². The minimum absolute atomic E-state index is 0.231. The molecule has 1 N–H and O–H groups in total. The highest BCUT2D eigenvalue weighted by Crippen LogP contribution is 2.41. The highest BCUT2D eigenvalue weighted by molar-refractivity contribution is 5.69. The van der Waals surface area contributed by atoms with Gasteiger partial charge in [-0.25, -0.2) is 0 Å². The summed E-state index contributed by atoms with van der Waals surface area (Å²) >= 11 is 0. The fourth-order valence-corrected chi connectivity index (χ4v) is 4.31. The predicted octanol–water partition coefficient (Wildman–Crippen LogP) is 5.91. The van der Waals surface area contributed by atoms with Crippen LogP contribution in [0.2, 0.25) is 0 Å². The number of aliphatic imine (C=N–C) groups is 1. The molecule has 0 aliphatic heterocycles. The Kier molecular flexibility index (Phi) is 7.19. The summed E-state index contributed by atoms with van der Waals surface area (Å²) in [5.41, 5.74) is 4.90. The molecular weight excluding hydrogens is 322 g/mol. The van der Waals surface area contributed by atoms with E-state index in [2.05, 4.69) is 43.6 Å². The third kappa shape index (κ3) is 4.84. The number of benzene rings is 1. The lowest BCUT2D eigenvalue weighted by molar-refractivity contribution is -0.143. The van der Waals surface area contributed by atoms with Gasteiger partial charge in [0.05, 0.1) is 5.92 Å². The maximum atomic E-state index is 11.2. The van der Waals surface area contributed by atoms with E-state index < -0.39 is 5.97 Å². The van der Waals surface area contributed by atoms with Gasteiger partial charge in [-0.2, -0.15) is 0 Å². The van der Waals surface area contributed by atoms with Gasteiger partial charge in [-0.1, -0.05) is 44.5 Å². The van der Waals surface area contributed by atoms with Crippen molar-refractivity contribution >= 4 is 12.2 Å². The molecule has 1 fully saturated rings. The molecule has 0 heterocycles. The predicted molar refractivity (Wildman–Crippen MR) is 109 cm³/mol. The molecule has 2 rings (SSSR count). The zero-order chi connectivity index (χ0) is 19.3. The summed E-state index contributed by atoms with van der Waals surface area (Å²) in [6.45, 7) is 12.4. The molecule has 0 amide bonds. The van der Waals surface area contributed by atoms with E-state index in [9.17, 15) is 9.90 Å². The monoisotopic (exact) mass is 355 g/mol. The lowest BCUT2D eigenvalue weighted by atomic mass is 9.72. The Hall–Kier alpha value is -1.90. The van der Waals surface area contributed by atoms with Crippen molar-refractivity contribution < 1.29 is 9.90 Å². The Labute approximate surface area is 158 Å². The fourth-order valence-electron chi connectivity index (χ4n) is 4.31. The number of aryl methyl sites for hydroxylation is 1. The summed E-state index contributed by atoms with van der Waals surface area (Å²) in [5.74, 6) is 0.281. The third-order valence-corrected chi connectivity index (χ3v) is 6.28. The van der Waals surface area contributed by atoms with Crippen molar-refractivity contribution in [2.75, 3.05) is 0 Å². The molecule has 142 valence electrons. The van der Waals surface area contributed by atoms with E-state index >= 15 is 0 Å². The van der Waals surface area contributed by atoms with Crippen LogP contribution in [0.1, 0.15) is 68.6 Å². The third-order valence-electron chi connectivity index (χ3n) is 6.28. The van der Waals surface area contributed by atoms with Crippen molar-refractivity contribution in [3.8, 4) is 0 Å². The second-order valence-corrected chi connectivity index (χ2v) is 7.86. The maximum absolute atomic E-state index is 11.2. The summed E-state index contributed by atoms with van der Waals surface area (Å²) in [7, 11) is 0.